The van der Waals surface area contributed by atoms with E-state index >= 15 is 0 Å². The lowest BCUT2D eigenvalue weighted by Gasteiger charge is -2.39. The summed E-state index contributed by atoms with van der Waals surface area (Å²) in [5.74, 6) is 0.0145. The van der Waals surface area contributed by atoms with Gasteiger partial charge in [0.25, 0.3) is 5.91 Å². The van der Waals surface area contributed by atoms with E-state index in [1.165, 1.54) is 11.3 Å². The number of carbonyl (C=O) groups is 1. The largest absolute Gasteiger partial charge is 0.435 e. The predicted octanol–water partition coefficient (Wildman–Crippen LogP) is 5.62. The maximum Gasteiger partial charge on any atom is 0.387 e. The number of anilines is 1. The summed E-state index contributed by atoms with van der Waals surface area (Å²) >= 11 is 2.99. The summed E-state index contributed by atoms with van der Waals surface area (Å²) < 4.78 is 29.8. The molecular formula is C24H27F2N3O2S2. The van der Waals surface area contributed by atoms with Gasteiger partial charge in [-0.1, -0.05) is 18.2 Å². The minimum atomic E-state index is -2.86. The van der Waals surface area contributed by atoms with Gasteiger partial charge in [-0.15, -0.1) is 22.7 Å². The van der Waals surface area contributed by atoms with E-state index < -0.39 is 6.61 Å². The third kappa shape index (κ3) is 5.43. The summed E-state index contributed by atoms with van der Waals surface area (Å²) in [7, 11) is 2.11. The lowest BCUT2D eigenvalue weighted by Crippen LogP contribution is -2.46. The Hall–Kier alpha value is -2.33. The number of benzene rings is 1. The van der Waals surface area contributed by atoms with E-state index in [0.29, 0.717) is 4.88 Å². The molecule has 0 spiro atoms. The smallest absolute Gasteiger partial charge is 0.387 e. The van der Waals surface area contributed by atoms with Crippen molar-refractivity contribution >= 4 is 33.6 Å². The maximum atomic E-state index is 12.9. The third-order valence-electron chi connectivity index (χ3n) is 6.00. The molecular weight excluding hydrogens is 464 g/mol. The zero-order valence-corrected chi connectivity index (χ0v) is 20.4. The molecule has 1 aliphatic rings. The van der Waals surface area contributed by atoms with Gasteiger partial charge < -0.3 is 15.0 Å². The van der Waals surface area contributed by atoms with Crippen LogP contribution in [0.3, 0.4) is 0 Å². The first-order valence-corrected chi connectivity index (χ1v) is 12.4. The molecule has 9 heteroatoms. The molecule has 0 radical (unpaired) electrons. The van der Waals surface area contributed by atoms with Gasteiger partial charge in [-0.2, -0.15) is 8.78 Å². The molecule has 1 aliphatic heterocycles. The van der Waals surface area contributed by atoms with Crippen LogP contribution >= 0.6 is 22.7 Å². The van der Waals surface area contributed by atoms with Crippen molar-refractivity contribution in [3.05, 3.63) is 68.2 Å². The highest BCUT2D eigenvalue weighted by Gasteiger charge is 2.31. The van der Waals surface area contributed by atoms with Crippen molar-refractivity contribution in [1.29, 1.82) is 0 Å². The zero-order valence-electron chi connectivity index (χ0n) is 18.8. The van der Waals surface area contributed by atoms with Crippen molar-refractivity contribution in [1.82, 2.24) is 9.80 Å². The van der Waals surface area contributed by atoms with E-state index in [0.717, 1.165) is 52.7 Å². The van der Waals surface area contributed by atoms with Crippen molar-refractivity contribution in [3.8, 4) is 5.75 Å². The topological polar surface area (TPSA) is 44.8 Å². The van der Waals surface area contributed by atoms with Crippen LogP contribution in [0.5, 0.6) is 5.75 Å². The lowest BCUT2D eigenvalue weighted by molar-refractivity contribution is -0.0498. The summed E-state index contributed by atoms with van der Waals surface area (Å²) in [5.41, 5.74) is 3.18. The number of likely N-dealkylation sites (N-methyl/N-ethyl adjacent to an activating group) is 1. The Morgan fingerprint density at radius 3 is 2.39 bits per heavy atom. The van der Waals surface area contributed by atoms with Crippen molar-refractivity contribution < 1.29 is 18.3 Å². The fraction of sp³-hybridized carbons (Fsp3) is 0.375. The Morgan fingerprint density at radius 2 is 1.79 bits per heavy atom. The molecule has 33 heavy (non-hydrogen) atoms. The molecule has 1 amide bonds. The van der Waals surface area contributed by atoms with E-state index in [1.54, 1.807) is 23.5 Å². The molecule has 1 N–H and O–H groups in total. The average Bonchev–Trinajstić information content (AvgIpc) is 3.41. The molecule has 0 saturated carbocycles. The number of ether oxygens (including phenoxy) is 1. The molecule has 0 aliphatic carbocycles. The van der Waals surface area contributed by atoms with E-state index in [1.807, 2.05) is 29.6 Å². The van der Waals surface area contributed by atoms with Gasteiger partial charge in [-0.25, -0.2) is 0 Å². The number of rotatable bonds is 7. The minimum absolute atomic E-state index is 0.108. The number of piperazine rings is 1. The first-order valence-electron chi connectivity index (χ1n) is 10.8. The van der Waals surface area contributed by atoms with E-state index in [-0.39, 0.29) is 17.7 Å². The van der Waals surface area contributed by atoms with Crippen LogP contribution in [0.2, 0.25) is 0 Å². The molecule has 3 aromatic rings. The van der Waals surface area contributed by atoms with Crippen LogP contribution in [-0.2, 0) is 0 Å². The van der Waals surface area contributed by atoms with Crippen LogP contribution in [-0.4, -0.2) is 55.5 Å². The van der Waals surface area contributed by atoms with Crippen LogP contribution < -0.4 is 10.1 Å². The van der Waals surface area contributed by atoms with Crippen LogP contribution in [0.15, 0.2) is 41.8 Å². The zero-order chi connectivity index (χ0) is 23.5. The van der Waals surface area contributed by atoms with Gasteiger partial charge in [-0.3, -0.25) is 9.69 Å². The normalized spacial score (nSPS) is 16.2. The molecule has 0 bridgehead atoms. The number of nitrogens with one attached hydrogen (secondary N) is 1. The number of thiophene rings is 2. The van der Waals surface area contributed by atoms with Gasteiger partial charge >= 0.3 is 6.61 Å². The van der Waals surface area contributed by atoms with Gasteiger partial charge in [0.15, 0.2) is 0 Å². The summed E-state index contributed by atoms with van der Waals surface area (Å²) in [5, 5.41) is 5.86. The highest BCUT2D eigenvalue weighted by molar-refractivity contribution is 7.17. The second kappa shape index (κ2) is 10.3. The Labute approximate surface area is 200 Å². The molecule has 5 nitrogen and oxygen atoms in total. The summed E-state index contributed by atoms with van der Waals surface area (Å²) in [6.45, 7) is 4.88. The molecule has 2 aromatic heterocycles. The second-order valence-corrected chi connectivity index (χ2v) is 10.3. The molecule has 0 unspecified atom stereocenters. The van der Waals surface area contributed by atoms with Gasteiger partial charge in [0, 0.05) is 36.6 Å². The van der Waals surface area contributed by atoms with Crippen molar-refractivity contribution in [2.24, 2.45) is 0 Å². The van der Waals surface area contributed by atoms with E-state index in [4.69, 9.17) is 0 Å². The number of carbonyl (C=O) groups excluding carboxylic acids is 1. The molecule has 1 fully saturated rings. The lowest BCUT2D eigenvalue weighted by atomic mass is 9.94. The third-order valence-corrected chi connectivity index (χ3v) is 8.01. The van der Waals surface area contributed by atoms with Crippen LogP contribution in [0.25, 0.3) is 0 Å². The SMILES string of the molecule is Cc1sc(NC(=O)c2cccs2)c([C@@H](c2ccc(OC(F)F)cc2)N2CCN(C)CC2)c1C. The molecule has 1 saturated heterocycles. The number of hydrogen-bond acceptors (Lipinski definition) is 6. The van der Waals surface area contributed by atoms with Crippen molar-refractivity contribution in [2.45, 2.75) is 26.5 Å². The van der Waals surface area contributed by atoms with Crippen molar-refractivity contribution in [3.63, 3.8) is 0 Å². The summed E-state index contributed by atoms with van der Waals surface area (Å²) in [6, 6.07) is 10.4. The number of amides is 1. The number of halogens is 2. The quantitative estimate of drug-likeness (QED) is 0.466. The Bertz CT molecular complexity index is 1080. The minimum Gasteiger partial charge on any atom is -0.435 e. The maximum absolute atomic E-state index is 12.9. The molecule has 3 heterocycles. The Balaban J connectivity index is 1.73. The monoisotopic (exact) mass is 491 g/mol. The average molecular weight is 492 g/mol. The highest BCUT2D eigenvalue weighted by atomic mass is 32.1. The number of hydrogen-bond donors (Lipinski definition) is 1. The molecule has 1 aromatic carbocycles. The Kier molecular flexibility index (Phi) is 7.43. The fourth-order valence-electron chi connectivity index (χ4n) is 4.11. The van der Waals surface area contributed by atoms with Crippen molar-refractivity contribution in [2.75, 3.05) is 38.5 Å². The standard InChI is InChI=1S/C24H27F2N3O2S2/c1-15-16(2)33-23(27-22(30)19-5-4-14-32-19)20(15)21(29-12-10-28(3)11-13-29)17-6-8-18(9-7-17)31-24(25)26/h4-9,14,21,24H,10-13H2,1-3H3,(H,27,30)/t21-/m1/s1. The highest BCUT2D eigenvalue weighted by Crippen LogP contribution is 2.43. The van der Waals surface area contributed by atoms with Gasteiger partial charge in [-0.05, 0) is 55.6 Å². The fourth-order valence-corrected chi connectivity index (χ4v) is 5.82. The molecule has 1 atom stereocenters. The number of nitrogens with zero attached hydrogens (tertiary/aromatic N) is 2. The van der Waals surface area contributed by atoms with Crippen LogP contribution in [0.4, 0.5) is 13.8 Å². The van der Waals surface area contributed by atoms with Gasteiger partial charge in [0.2, 0.25) is 0 Å². The first kappa shape index (κ1) is 23.8. The summed E-state index contributed by atoms with van der Waals surface area (Å²) in [6.07, 6.45) is 0. The van der Waals surface area contributed by atoms with E-state index in [9.17, 15) is 13.6 Å². The second-order valence-electron chi connectivity index (χ2n) is 8.15. The van der Waals surface area contributed by atoms with Gasteiger partial charge in [0.1, 0.15) is 10.8 Å². The molecule has 176 valence electrons. The molecule has 4 rings (SSSR count). The Morgan fingerprint density at radius 1 is 1.09 bits per heavy atom. The van der Waals surface area contributed by atoms with Gasteiger partial charge in [0.05, 0.1) is 10.9 Å². The van der Waals surface area contributed by atoms with E-state index in [2.05, 4.69) is 40.7 Å². The first-order chi connectivity index (χ1) is 15.8. The van der Waals surface area contributed by atoms with Crippen LogP contribution in [0, 0.1) is 13.8 Å². The number of aryl methyl sites for hydroxylation is 1. The summed E-state index contributed by atoms with van der Waals surface area (Å²) in [4.78, 5) is 19.4. The number of alkyl halides is 2. The van der Waals surface area contributed by atoms with Crippen LogP contribution in [0.1, 0.15) is 37.3 Å². The predicted molar refractivity (Wildman–Crippen MR) is 130 cm³/mol.